The van der Waals surface area contributed by atoms with Crippen LogP contribution in [0.3, 0.4) is 0 Å². The molecule has 0 unspecified atom stereocenters. The quantitative estimate of drug-likeness (QED) is 0.824. The highest BCUT2D eigenvalue weighted by Gasteiger charge is 2.06. The van der Waals surface area contributed by atoms with Crippen LogP contribution in [0.1, 0.15) is 13.8 Å². The summed E-state index contributed by atoms with van der Waals surface area (Å²) >= 11 is 0. The molecule has 80 valence electrons. The Morgan fingerprint density at radius 3 is 2.80 bits per heavy atom. The number of aromatic nitrogens is 4. The molecule has 0 amide bonds. The number of aryl methyl sites for hydroxylation is 1. The predicted molar refractivity (Wildman–Crippen MR) is 59.1 cm³/mol. The van der Waals surface area contributed by atoms with Crippen molar-refractivity contribution in [2.24, 2.45) is 7.05 Å². The van der Waals surface area contributed by atoms with Gasteiger partial charge in [0.05, 0.1) is 11.9 Å². The van der Waals surface area contributed by atoms with Crippen LogP contribution < -0.4 is 5.32 Å². The third-order valence-electron chi connectivity index (χ3n) is 2.03. The molecule has 2 rings (SSSR count). The van der Waals surface area contributed by atoms with Crippen molar-refractivity contribution >= 4 is 5.95 Å². The third-order valence-corrected chi connectivity index (χ3v) is 2.03. The molecule has 0 aliphatic heterocycles. The van der Waals surface area contributed by atoms with Gasteiger partial charge in [-0.15, -0.1) is 0 Å². The smallest absolute Gasteiger partial charge is 0.207 e. The Labute approximate surface area is 88.7 Å². The van der Waals surface area contributed by atoms with Crippen LogP contribution >= 0.6 is 0 Å². The van der Waals surface area contributed by atoms with Gasteiger partial charge < -0.3 is 5.32 Å². The van der Waals surface area contributed by atoms with E-state index in [1.807, 2.05) is 30.2 Å². The zero-order valence-electron chi connectivity index (χ0n) is 9.18. The second-order valence-electron chi connectivity index (χ2n) is 3.79. The Morgan fingerprint density at radius 2 is 2.20 bits per heavy atom. The zero-order valence-corrected chi connectivity index (χ0v) is 9.18. The molecule has 0 bridgehead atoms. The van der Waals surface area contributed by atoms with Gasteiger partial charge in [-0.1, -0.05) is 0 Å². The summed E-state index contributed by atoms with van der Waals surface area (Å²) in [5.41, 5.74) is 1.01. The van der Waals surface area contributed by atoms with Crippen LogP contribution in [0.15, 0.2) is 24.8 Å². The van der Waals surface area contributed by atoms with Gasteiger partial charge in [-0.25, -0.2) is 4.98 Å². The SMILES string of the molecule is CC(C)Nc1nccn1-c1cnn(C)c1. The van der Waals surface area contributed by atoms with E-state index in [1.165, 1.54) is 0 Å². The van der Waals surface area contributed by atoms with Gasteiger partial charge in [0.15, 0.2) is 0 Å². The summed E-state index contributed by atoms with van der Waals surface area (Å²) in [5, 5.41) is 7.41. The summed E-state index contributed by atoms with van der Waals surface area (Å²) in [7, 11) is 1.90. The minimum absolute atomic E-state index is 0.364. The van der Waals surface area contributed by atoms with E-state index in [-0.39, 0.29) is 0 Å². The number of hydrogen-bond donors (Lipinski definition) is 1. The second kappa shape index (κ2) is 3.76. The van der Waals surface area contributed by atoms with Gasteiger partial charge in [0, 0.05) is 31.7 Å². The molecule has 2 aromatic heterocycles. The maximum Gasteiger partial charge on any atom is 0.207 e. The molecule has 0 aliphatic rings. The molecule has 0 saturated carbocycles. The molecule has 0 radical (unpaired) electrons. The van der Waals surface area contributed by atoms with Crippen LogP contribution in [0.4, 0.5) is 5.95 Å². The average molecular weight is 205 g/mol. The summed E-state index contributed by atoms with van der Waals surface area (Å²) < 4.78 is 3.75. The lowest BCUT2D eigenvalue weighted by molar-refractivity contribution is 0.767. The minimum Gasteiger partial charge on any atom is -0.353 e. The highest BCUT2D eigenvalue weighted by molar-refractivity contribution is 5.39. The number of imidazole rings is 1. The number of nitrogens with zero attached hydrogens (tertiary/aromatic N) is 4. The monoisotopic (exact) mass is 205 g/mol. The highest BCUT2D eigenvalue weighted by Crippen LogP contribution is 2.13. The Balaban J connectivity index is 2.32. The van der Waals surface area contributed by atoms with E-state index in [0.29, 0.717) is 6.04 Å². The van der Waals surface area contributed by atoms with Crippen molar-refractivity contribution in [3.05, 3.63) is 24.8 Å². The Kier molecular flexibility index (Phi) is 2.45. The van der Waals surface area contributed by atoms with Crippen molar-refractivity contribution in [3.8, 4) is 5.69 Å². The molecule has 2 aromatic rings. The number of rotatable bonds is 3. The van der Waals surface area contributed by atoms with Crippen LogP contribution in [-0.2, 0) is 7.05 Å². The summed E-state index contributed by atoms with van der Waals surface area (Å²) in [6, 6.07) is 0.364. The fraction of sp³-hybridized carbons (Fsp3) is 0.400. The van der Waals surface area contributed by atoms with Crippen LogP contribution in [-0.4, -0.2) is 25.4 Å². The molecular formula is C10H15N5. The normalized spacial score (nSPS) is 10.9. The first-order valence-corrected chi connectivity index (χ1v) is 4.95. The first-order chi connectivity index (χ1) is 7.16. The number of hydrogen-bond acceptors (Lipinski definition) is 3. The van der Waals surface area contributed by atoms with Gasteiger partial charge in [0.25, 0.3) is 0 Å². The minimum atomic E-state index is 0.364. The van der Waals surface area contributed by atoms with Crippen molar-refractivity contribution in [2.45, 2.75) is 19.9 Å². The molecule has 0 spiro atoms. The van der Waals surface area contributed by atoms with E-state index in [1.54, 1.807) is 10.9 Å². The topological polar surface area (TPSA) is 47.7 Å². The van der Waals surface area contributed by atoms with E-state index in [9.17, 15) is 0 Å². The Hall–Kier alpha value is -1.78. The summed E-state index contributed by atoms with van der Waals surface area (Å²) in [6.07, 6.45) is 7.46. The lowest BCUT2D eigenvalue weighted by atomic mass is 10.4. The molecule has 1 N–H and O–H groups in total. The number of anilines is 1. The Morgan fingerprint density at radius 1 is 1.40 bits per heavy atom. The van der Waals surface area contributed by atoms with Crippen LogP contribution in [0.25, 0.3) is 5.69 Å². The average Bonchev–Trinajstić information content (AvgIpc) is 2.72. The molecular weight excluding hydrogens is 190 g/mol. The zero-order chi connectivity index (χ0) is 10.8. The maximum atomic E-state index is 4.26. The van der Waals surface area contributed by atoms with Crippen LogP contribution in [0.5, 0.6) is 0 Å². The summed E-state index contributed by atoms with van der Waals surface area (Å²) in [5.74, 6) is 0.845. The number of nitrogens with one attached hydrogen (secondary N) is 1. The third kappa shape index (κ3) is 2.01. The Bertz CT molecular complexity index is 440. The second-order valence-corrected chi connectivity index (χ2v) is 3.79. The fourth-order valence-electron chi connectivity index (χ4n) is 1.41. The first kappa shape index (κ1) is 9.76. The molecule has 0 aromatic carbocycles. The van der Waals surface area contributed by atoms with Crippen LogP contribution in [0.2, 0.25) is 0 Å². The molecule has 5 nitrogen and oxygen atoms in total. The molecule has 2 heterocycles. The van der Waals surface area contributed by atoms with Gasteiger partial charge in [-0.2, -0.15) is 5.10 Å². The molecule has 0 atom stereocenters. The van der Waals surface area contributed by atoms with Crippen molar-refractivity contribution in [1.82, 2.24) is 19.3 Å². The van der Waals surface area contributed by atoms with Gasteiger partial charge in [0.2, 0.25) is 5.95 Å². The summed E-state index contributed by atoms with van der Waals surface area (Å²) in [6.45, 7) is 4.17. The van der Waals surface area contributed by atoms with Crippen molar-refractivity contribution < 1.29 is 0 Å². The molecule has 0 aliphatic carbocycles. The van der Waals surface area contributed by atoms with Gasteiger partial charge >= 0.3 is 0 Å². The van der Waals surface area contributed by atoms with Crippen molar-refractivity contribution in [2.75, 3.05) is 5.32 Å². The maximum absolute atomic E-state index is 4.26. The van der Waals surface area contributed by atoms with E-state index < -0.39 is 0 Å². The van der Waals surface area contributed by atoms with E-state index >= 15 is 0 Å². The van der Waals surface area contributed by atoms with Crippen molar-refractivity contribution in [1.29, 1.82) is 0 Å². The molecule has 0 saturated heterocycles. The lowest BCUT2D eigenvalue weighted by Crippen LogP contribution is -2.13. The van der Waals surface area contributed by atoms with E-state index in [2.05, 4.69) is 29.2 Å². The molecule has 5 heteroatoms. The largest absolute Gasteiger partial charge is 0.353 e. The van der Waals surface area contributed by atoms with Gasteiger partial charge in [-0.3, -0.25) is 9.25 Å². The van der Waals surface area contributed by atoms with E-state index in [0.717, 1.165) is 11.6 Å². The van der Waals surface area contributed by atoms with E-state index in [4.69, 9.17) is 0 Å². The predicted octanol–water partition coefficient (Wildman–Crippen LogP) is 1.43. The molecule has 15 heavy (non-hydrogen) atoms. The lowest BCUT2D eigenvalue weighted by Gasteiger charge is -2.10. The van der Waals surface area contributed by atoms with Gasteiger partial charge in [-0.05, 0) is 13.8 Å². The highest BCUT2D eigenvalue weighted by atomic mass is 15.3. The molecule has 0 fully saturated rings. The first-order valence-electron chi connectivity index (χ1n) is 4.95. The van der Waals surface area contributed by atoms with Gasteiger partial charge in [0.1, 0.15) is 0 Å². The summed E-state index contributed by atoms with van der Waals surface area (Å²) in [4.78, 5) is 4.26. The fourth-order valence-corrected chi connectivity index (χ4v) is 1.41. The standard InChI is InChI=1S/C10H15N5/c1-8(2)13-10-11-4-5-15(10)9-6-12-14(3)7-9/h4-8H,1-3H3,(H,11,13). The van der Waals surface area contributed by atoms with Crippen molar-refractivity contribution in [3.63, 3.8) is 0 Å². The van der Waals surface area contributed by atoms with Crippen LogP contribution in [0, 0.1) is 0 Å².